The molecular formula is C15H14ClFN6O. The summed E-state index contributed by atoms with van der Waals surface area (Å²) in [7, 11) is 1.75. The number of carbonyl (C=O) groups excluding carboxylic acids is 1. The highest BCUT2D eigenvalue weighted by atomic mass is 35.5. The maximum atomic E-state index is 13.5. The predicted octanol–water partition coefficient (Wildman–Crippen LogP) is 3.10. The van der Waals surface area contributed by atoms with Gasteiger partial charge in [-0.15, -0.1) is 0 Å². The molecule has 0 atom stereocenters. The zero-order chi connectivity index (χ0) is 17.1. The third kappa shape index (κ3) is 3.72. The van der Waals surface area contributed by atoms with Crippen LogP contribution in [0, 0.1) is 5.82 Å². The maximum absolute atomic E-state index is 13.5. The molecule has 2 heterocycles. The van der Waals surface area contributed by atoms with Gasteiger partial charge in [-0.25, -0.2) is 13.9 Å². The molecule has 7 nitrogen and oxygen atoms in total. The van der Waals surface area contributed by atoms with Gasteiger partial charge >= 0.3 is 6.03 Å². The lowest BCUT2D eigenvalue weighted by atomic mass is 10.2. The monoisotopic (exact) mass is 348 g/mol. The number of aromatic nitrogens is 4. The second kappa shape index (κ2) is 6.71. The number of hydrogen-bond acceptors (Lipinski definition) is 3. The summed E-state index contributed by atoms with van der Waals surface area (Å²) in [6.07, 6.45) is 4.76. The van der Waals surface area contributed by atoms with Crippen LogP contribution in [-0.4, -0.2) is 25.6 Å². The number of benzene rings is 1. The van der Waals surface area contributed by atoms with E-state index < -0.39 is 11.8 Å². The van der Waals surface area contributed by atoms with E-state index in [-0.39, 0.29) is 5.02 Å². The van der Waals surface area contributed by atoms with Crippen molar-refractivity contribution >= 4 is 29.1 Å². The van der Waals surface area contributed by atoms with Crippen LogP contribution in [0.15, 0.2) is 42.9 Å². The van der Waals surface area contributed by atoms with Crippen molar-refractivity contribution in [2.45, 2.75) is 6.54 Å². The van der Waals surface area contributed by atoms with E-state index in [1.165, 1.54) is 18.3 Å². The van der Waals surface area contributed by atoms with Crippen molar-refractivity contribution in [3.63, 3.8) is 0 Å². The smallest absolute Gasteiger partial charge is 0.305 e. The first-order valence-corrected chi connectivity index (χ1v) is 7.41. The van der Waals surface area contributed by atoms with Gasteiger partial charge in [-0.1, -0.05) is 17.7 Å². The fourth-order valence-corrected chi connectivity index (χ4v) is 2.26. The van der Waals surface area contributed by atoms with Crippen LogP contribution in [0.2, 0.25) is 5.02 Å². The predicted molar refractivity (Wildman–Crippen MR) is 88.6 cm³/mol. The van der Waals surface area contributed by atoms with Crippen LogP contribution in [0.3, 0.4) is 0 Å². The van der Waals surface area contributed by atoms with E-state index in [1.54, 1.807) is 40.9 Å². The summed E-state index contributed by atoms with van der Waals surface area (Å²) in [5.74, 6) is -0.0168. The molecule has 0 aliphatic rings. The summed E-state index contributed by atoms with van der Waals surface area (Å²) in [4.78, 5) is 12.0. The summed E-state index contributed by atoms with van der Waals surface area (Å²) in [5, 5.41) is 13.5. The molecule has 124 valence electrons. The maximum Gasteiger partial charge on any atom is 0.324 e. The first kappa shape index (κ1) is 16.0. The first-order chi connectivity index (χ1) is 11.5. The van der Waals surface area contributed by atoms with E-state index in [4.69, 9.17) is 11.6 Å². The summed E-state index contributed by atoms with van der Waals surface area (Å²) in [5.41, 5.74) is 1.25. The average molecular weight is 349 g/mol. The van der Waals surface area contributed by atoms with Gasteiger partial charge in [-0.05, 0) is 17.7 Å². The highest BCUT2D eigenvalue weighted by Gasteiger charge is 2.10. The molecule has 0 saturated heterocycles. The van der Waals surface area contributed by atoms with Crippen LogP contribution in [0.1, 0.15) is 5.56 Å². The molecule has 0 aliphatic carbocycles. The number of hydrogen-bond donors (Lipinski definition) is 2. The standard InChI is InChI=1S/C15H14ClFN6O/c1-22-9-11(7-19-22)20-15(24)21-14-4-5-18-23(14)8-10-2-3-12(16)13(17)6-10/h2-7,9H,8H2,1H3,(H2,20,21,24). The van der Waals surface area contributed by atoms with Crippen LogP contribution in [-0.2, 0) is 13.6 Å². The van der Waals surface area contributed by atoms with E-state index in [0.29, 0.717) is 23.6 Å². The Labute approximate surface area is 142 Å². The summed E-state index contributed by atoms with van der Waals surface area (Å²) in [6, 6.07) is 5.75. The number of carbonyl (C=O) groups is 1. The molecule has 3 aromatic rings. The van der Waals surface area contributed by atoms with Crippen molar-refractivity contribution in [2.75, 3.05) is 10.6 Å². The van der Waals surface area contributed by atoms with E-state index in [9.17, 15) is 9.18 Å². The molecule has 2 aromatic heterocycles. The highest BCUT2D eigenvalue weighted by Crippen LogP contribution is 2.17. The Morgan fingerprint density at radius 3 is 2.83 bits per heavy atom. The Morgan fingerprint density at radius 1 is 1.29 bits per heavy atom. The summed E-state index contributed by atoms with van der Waals surface area (Å²) >= 11 is 5.67. The molecular weight excluding hydrogens is 335 g/mol. The fraction of sp³-hybridized carbons (Fsp3) is 0.133. The molecule has 2 N–H and O–H groups in total. The van der Waals surface area contributed by atoms with Gasteiger partial charge in [0.15, 0.2) is 0 Å². The lowest BCUT2D eigenvalue weighted by Gasteiger charge is -2.10. The van der Waals surface area contributed by atoms with Crippen LogP contribution < -0.4 is 10.6 Å². The number of halogens is 2. The zero-order valence-electron chi connectivity index (χ0n) is 12.7. The molecule has 9 heteroatoms. The van der Waals surface area contributed by atoms with Gasteiger partial charge in [0.25, 0.3) is 0 Å². The van der Waals surface area contributed by atoms with Crippen molar-refractivity contribution in [1.82, 2.24) is 19.6 Å². The summed E-state index contributed by atoms with van der Waals surface area (Å²) in [6.45, 7) is 0.295. The van der Waals surface area contributed by atoms with Crippen LogP contribution >= 0.6 is 11.6 Å². The third-order valence-electron chi connectivity index (χ3n) is 3.24. The second-order valence-corrected chi connectivity index (χ2v) is 5.51. The van der Waals surface area contributed by atoms with E-state index in [0.717, 1.165) is 0 Å². The molecule has 0 bridgehead atoms. The lowest BCUT2D eigenvalue weighted by Crippen LogP contribution is -2.21. The van der Waals surface area contributed by atoms with Gasteiger partial charge in [-0.2, -0.15) is 10.2 Å². The van der Waals surface area contributed by atoms with Gasteiger partial charge in [0.05, 0.1) is 29.6 Å². The van der Waals surface area contributed by atoms with Crippen molar-refractivity contribution in [2.24, 2.45) is 7.05 Å². The van der Waals surface area contributed by atoms with Crippen LogP contribution in [0.5, 0.6) is 0 Å². The zero-order valence-corrected chi connectivity index (χ0v) is 13.5. The van der Waals surface area contributed by atoms with E-state index in [1.807, 2.05) is 0 Å². The average Bonchev–Trinajstić information content (AvgIpc) is 3.12. The number of amides is 2. The van der Waals surface area contributed by atoms with Crippen molar-refractivity contribution in [1.29, 1.82) is 0 Å². The van der Waals surface area contributed by atoms with Crippen molar-refractivity contribution < 1.29 is 9.18 Å². The number of urea groups is 1. The Kier molecular flexibility index (Phi) is 4.48. The van der Waals surface area contributed by atoms with E-state index in [2.05, 4.69) is 20.8 Å². The Balaban J connectivity index is 1.68. The normalized spacial score (nSPS) is 10.6. The minimum Gasteiger partial charge on any atom is -0.305 e. The molecule has 0 unspecified atom stereocenters. The Morgan fingerprint density at radius 2 is 2.12 bits per heavy atom. The minimum atomic E-state index is -0.495. The van der Waals surface area contributed by atoms with Crippen molar-refractivity contribution in [3.05, 3.63) is 59.3 Å². The minimum absolute atomic E-state index is 0.0633. The van der Waals surface area contributed by atoms with Crippen molar-refractivity contribution in [3.8, 4) is 0 Å². The number of nitrogens with zero attached hydrogens (tertiary/aromatic N) is 4. The molecule has 0 saturated carbocycles. The van der Waals surface area contributed by atoms with Gasteiger partial charge in [0, 0.05) is 19.3 Å². The summed E-state index contributed by atoms with van der Waals surface area (Å²) < 4.78 is 16.6. The molecule has 0 spiro atoms. The first-order valence-electron chi connectivity index (χ1n) is 7.03. The lowest BCUT2D eigenvalue weighted by molar-refractivity contribution is 0.262. The van der Waals surface area contributed by atoms with Gasteiger partial charge in [0.2, 0.25) is 0 Å². The quantitative estimate of drug-likeness (QED) is 0.760. The topological polar surface area (TPSA) is 76.8 Å². The SMILES string of the molecule is Cn1cc(NC(=O)Nc2ccnn2Cc2ccc(Cl)c(F)c2)cn1. The molecule has 1 aromatic carbocycles. The van der Waals surface area contributed by atoms with Gasteiger partial charge < -0.3 is 5.32 Å². The molecule has 0 aliphatic heterocycles. The Hall–Kier alpha value is -2.87. The number of aryl methyl sites for hydroxylation is 1. The number of anilines is 2. The van der Waals surface area contributed by atoms with Gasteiger partial charge in [0.1, 0.15) is 11.6 Å². The van der Waals surface area contributed by atoms with Gasteiger partial charge in [-0.3, -0.25) is 10.00 Å². The third-order valence-corrected chi connectivity index (χ3v) is 3.54. The fourth-order valence-electron chi connectivity index (χ4n) is 2.14. The number of rotatable bonds is 4. The van der Waals surface area contributed by atoms with Crippen LogP contribution in [0.25, 0.3) is 0 Å². The van der Waals surface area contributed by atoms with Crippen LogP contribution in [0.4, 0.5) is 20.7 Å². The molecule has 3 rings (SSSR count). The highest BCUT2D eigenvalue weighted by molar-refractivity contribution is 6.30. The molecule has 24 heavy (non-hydrogen) atoms. The van der Waals surface area contributed by atoms with E-state index >= 15 is 0 Å². The molecule has 0 radical (unpaired) electrons. The molecule has 0 fully saturated rings. The largest absolute Gasteiger partial charge is 0.324 e. The molecule has 2 amide bonds. The second-order valence-electron chi connectivity index (χ2n) is 5.10. The Bertz CT molecular complexity index is 874. The number of nitrogens with one attached hydrogen (secondary N) is 2.